The highest BCUT2D eigenvalue weighted by Gasteiger charge is 2.18. The first-order valence-electron chi connectivity index (χ1n) is 8.32. The monoisotopic (exact) mass is 344 g/mol. The van der Waals surface area contributed by atoms with Crippen LogP contribution in [0.4, 0.5) is 5.69 Å². The largest absolute Gasteiger partial charge is 0.462 e. The number of rotatable bonds is 5. The summed E-state index contributed by atoms with van der Waals surface area (Å²) in [7, 11) is 0. The van der Waals surface area contributed by atoms with E-state index in [0.29, 0.717) is 24.4 Å². The molecule has 1 aliphatic rings. The molecular weight excluding hydrogens is 324 g/mol. The predicted octanol–water partition coefficient (Wildman–Crippen LogP) is 1.20. The Balaban J connectivity index is 1.64. The van der Waals surface area contributed by atoms with Gasteiger partial charge in [0.15, 0.2) is 0 Å². The molecule has 1 aliphatic heterocycles. The maximum Gasteiger partial charge on any atom is 0.346 e. The zero-order valence-corrected chi connectivity index (χ0v) is 14.0. The van der Waals surface area contributed by atoms with Gasteiger partial charge in [-0.15, -0.1) is 0 Å². The number of aryl methyl sites for hydroxylation is 1. The SMILES string of the molecule is CCOC(=O)c1ccc(NC(=O)Cn2nc3n(c2=O)CCCC3)cc1. The molecule has 0 bridgehead atoms. The molecule has 0 aliphatic carbocycles. The van der Waals surface area contributed by atoms with Crippen LogP contribution in [0.1, 0.15) is 35.9 Å². The molecular formula is C17H20N4O4. The molecule has 0 saturated heterocycles. The van der Waals surface area contributed by atoms with Gasteiger partial charge < -0.3 is 10.1 Å². The Kier molecular flexibility index (Phi) is 4.97. The van der Waals surface area contributed by atoms with E-state index in [9.17, 15) is 14.4 Å². The number of carbonyl (C=O) groups excluding carboxylic acids is 2. The number of nitrogens with one attached hydrogen (secondary N) is 1. The number of hydrogen-bond acceptors (Lipinski definition) is 5. The summed E-state index contributed by atoms with van der Waals surface area (Å²) in [5, 5.41) is 6.93. The van der Waals surface area contributed by atoms with Crippen LogP contribution in [0.15, 0.2) is 29.1 Å². The third-order valence-corrected chi connectivity index (χ3v) is 4.00. The topological polar surface area (TPSA) is 95.2 Å². The number of esters is 1. The Morgan fingerprint density at radius 1 is 1.24 bits per heavy atom. The maximum absolute atomic E-state index is 12.2. The van der Waals surface area contributed by atoms with E-state index in [2.05, 4.69) is 10.4 Å². The van der Waals surface area contributed by atoms with E-state index >= 15 is 0 Å². The molecule has 1 aromatic carbocycles. The highest BCUT2D eigenvalue weighted by Crippen LogP contribution is 2.11. The molecule has 132 valence electrons. The number of amides is 1. The van der Waals surface area contributed by atoms with Crippen LogP contribution in [-0.2, 0) is 29.0 Å². The Morgan fingerprint density at radius 3 is 2.68 bits per heavy atom. The minimum absolute atomic E-state index is 0.140. The van der Waals surface area contributed by atoms with Gasteiger partial charge in [0.2, 0.25) is 5.91 Å². The molecule has 1 amide bonds. The molecule has 0 saturated carbocycles. The molecule has 1 aromatic heterocycles. The van der Waals surface area contributed by atoms with Gasteiger partial charge in [-0.3, -0.25) is 9.36 Å². The molecule has 3 rings (SSSR count). The Morgan fingerprint density at radius 2 is 2.00 bits per heavy atom. The predicted molar refractivity (Wildman–Crippen MR) is 90.5 cm³/mol. The average molecular weight is 344 g/mol. The highest BCUT2D eigenvalue weighted by atomic mass is 16.5. The zero-order valence-electron chi connectivity index (χ0n) is 14.0. The molecule has 0 radical (unpaired) electrons. The van der Waals surface area contributed by atoms with Crippen LogP contribution in [-0.4, -0.2) is 32.8 Å². The van der Waals surface area contributed by atoms with Crippen molar-refractivity contribution in [3.63, 3.8) is 0 Å². The van der Waals surface area contributed by atoms with E-state index in [1.54, 1.807) is 35.8 Å². The zero-order chi connectivity index (χ0) is 17.8. The highest BCUT2D eigenvalue weighted by molar-refractivity contribution is 5.92. The summed E-state index contributed by atoms with van der Waals surface area (Å²) in [5.41, 5.74) is 0.704. The van der Waals surface area contributed by atoms with E-state index in [4.69, 9.17) is 4.74 Å². The lowest BCUT2D eigenvalue weighted by atomic mass is 10.2. The normalized spacial score (nSPS) is 13.2. The molecule has 25 heavy (non-hydrogen) atoms. The summed E-state index contributed by atoms with van der Waals surface area (Å²) < 4.78 is 7.73. The standard InChI is InChI=1S/C17H20N4O4/c1-2-25-16(23)12-6-8-13(9-7-12)18-15(22)11-21-17(24)20-10-4-3-5-14(20)19-21/h6-9H,2-5,10-11H2,1H3,(H,18,22). The fourth-order valence-electron chi connectivity index (χ4n) is 2.79. The van der Waals surface area contributed by atoms with Gasteiger partial charge in [-0.1, -0.05) is 0 Å². The number of anilines is 1. The Labute approximate surface area is 144 Å². The number of benzene rings is 1. The van der Waals surface area contributed by atoms with Gasteiger partial charge in [-0.05, 0) is 44.0 Å². The van der Waals surface area contributed by atoms with Gasteiger partial charge >= 0.3 is 11.7 Å². The van der Waals surface area contributed by atoms with Crippen molar-refractivity contribution in [1.29, 1.82) is 0 Å². The van der Waals surface area contributed by atoms with Crippen molar-refractivity contribution in [3.05, 3.63) is 46.1 Å². The second-order valence-corrected chi connectivity index (χ2v) is 5.81. The van der Waals surface area contributed by atoms with E-state index in [0.717, 1.165) is 25.1 Å². The summed E-state index contributed by atoms with van der Waals surface area (Å²) >= 11 is 0. The lowest BCUT2D eigenvalue weighted by Gasteiger charge is -2.09. The number of nitrogens with zero attached hydrogens (tertiary/aromatic N) is 3. The van der Waals surface area contributed by atoms with Crippen LogP contribution in [0.3, 0.4) is 0 Å². The lowest BCUT2D eigenvalue weighted by molar-refractivity contribution is -0.117. The number of fused-ring (bicyclic) bond motifs is 1. The van der Waals surface area contributed by atoms with Gasteiger partial charge in [0.1, 0.15) is 12.4 Å². The Bertz CT molecular complexity index is 835. The fourth-order valence-corrected chi connectivity index (χ4v) is 2.79. The third-order valence-electron chi connectivity index (χ3n) is 4.00. The minimum Gasteiger partial charge on any atom is -0.462 e. The van der Waals surface area contributed by atoms with Crippen LogP contribution >= 0.6 is 0 Å². The van der Waals surface area contributed by atoms with Crippen molar-refractivity contribution in [2.75, 3.05) is 11.9 Å². The molecule has 2 heterocycles. The third kappa shape index (κ3) is 3.78. The molecule has 0 spiro atoms. The van der Waals surface area contributed by atoms with Crippen LogP contribution in [0.25, 0.3) is 0 Å². The molecule has 0 atom stereocenters. The molecule has 0 unspecified atom stereocenters. The van der Waals surface area contributed by atoms with Gasteiger partial charge in [0.25, 0.3) is 0 Å². The first-order valence-corrected chi connectivity index (χ1v) is 8.32. The molecule has 1 N–H and O–H groups in total. The summed E-state index contributed by atoms with van der Waals surface area (Å²) in [6.45, 7) is 2.56. The van der Waals surface area contributed by atoms with E-state index in [1.807, 2.05) is 0 Å². The minimum atomic E-state index is -0.407. The van der Waals surface area contributed by atoms with E-state index < -0.39 is 5.97 Å². The van der Waals surface area contributed by atoms with Crippen molar-refractivity contribution in [3.8, 4) is 0 Å². The first-order chi connectivity index (χ1) is 12.1. The van der Waals surface area contributed by atoms with Crippen LogP contribution in [0, 0.1) is 0 Å². The van der Waals surface area contributed by atoms with Crippen LogP contribution in [0.2, 0.25) is 0 Å². The van der Waals surface area contributed by atoms with Gasteiger partial charge in [0, 0.05) is 18.7 Å². The molecule has 8 nitrogen and oxygen atoms in total. The van der Waals surface area contributed by atoms with Crippen molar-refractivity contribution in [2.24, 2.45) is 0 Å². The first kappa shape index (κ1) is 16.9. The maximum atomic E-state index is 12.2. The van der Waals surface area contributed by atoms with Crippen molar-refractivity contribution in [2.45, 2.75) is 39.3 Å². The summed E-state index contributed by atoms with van der Waals surface area (Å²) in [6.07, 6.45) is 2.73. The smallest absolute Gasteiger partial charge is 0.346 e. The summed E-state index contributed by atoms with van der Waals surface area (Å²) in [6, 6.07) is 6.39. The van der Waals surface area contributed by atoms with Crippen molar-refractivity contribution >= 4 is 17.6 Å². The van der Waals surface area contributed by atoms with Crippen molar-refractivity contribution in [1.82, 2.24) is 14.3 Å². The quantitative estimate of drug-likeness (QED) is 0.822. The van der Waals surface area contributed by atoms with Gasteiger partial charge in [0.05, 0.1) is 12.2 Å². The van der Waals surface area contributed by atoms with Gasteiger partial charge in [-0.2, -0.15) is 5.10 Å². The summed E-state index contributed by atoms with van der Waals surface area (Å²) in [4.78, 5) is 36.0. The fraction of sp³-hybridized carbons (Fsp3) is 0.412. The number of carbonyl (C=O) groups is 2. The van der Waals surface area contributed by atoms with E-state index in [1.165, 1.54) is 4.68 Å². The van der Waals surface area contributed by atoms with Crippen LogP contribution < -0.4 is 11.0 Å². The van der Waals surface area contributed by atoms with Gasteiger partial charge in [-0.25, -0.2) is 14.3 Å². The Hall–Kier alpha value is -2.90. The average Bonchev–Trinajstić information content (AvgIpc) is 2.92. The van der Waals surface area contributed by atoms with Crippen molar-refractivity contribution < 1.29 is 14.3 Å². The van der Waals surface area contributed by atoms with E-state index in [-0.39, 0.29) is 18.1 Å². The summed E-state index contributed by atoms with van der Waals surface area (Å²) in [5.74, 6) is -0.0141. The lowest BCUT2D eigenvalue weighted by Crippen LogP contribution is -2.30. The number of ether oxygens (including phenoxy) is 1. The second kappa shape index (κ2) is 7.33. The molecule has 2 aromatic rings. The molecule has 0 fully saturated rings. The van der Waals surface area contributed by atoms with Crippen LogP contribution in [0.5, 0.6) is 0 Å². The number of hydrogen-bond donors (Lipinski definition) is 1. The molecule has 8 heteroatoms. The second-order valence-electron chi connectivity index (χ2n) is 5.81. The number of aromatic nitrogens is 3.